The summed E-state index contributed by atoms with van der Waals surface area (Å²) in [5, 5.41) is 3.31. The number of ether oxygens (including phenoxy) is 1. The quantitative estimate of drug-likeness (QED) is 0.278. The number of benzene rings is 3. The third kappa shape index (κ3) is 6.18. The average Bonchev–Trinajstić information content (AvgIpc) is 2.86. The van der Waals surface area contributed by atoms with Crippen molar-refractivity contribution in [3.05, 3.63) is 120 Å². The maximum Gasteiger partial charge on any atom is 0.330 e. The normalized spacial score (nSPS) is 12.3. The van der Waals surface area contributed by atoms with E-state index in [2.05, 4.69) is 5.32 Å². The first-order valence-corrected chi connectivity index (χ1v) is 11.1. The Hall–Kier alpha value is -3.70. The van der Waals surface area contributed by atoms with Crippen LogP contribution in [0.3, 0.4) is 0 Å². The molecule has 0 heterocycles. The van der Waals surface area contributed by atoms with Crippen LogP contribution in [0.5, 0.6) is 0 Å². The van der Waals surface area contributed by atoms with Crippen molar-refractivity contribution in [3.63, 3.8) is 0 Å². The van der Waals surface area contributed by atoms with Gasteiger partial charge in [0.15, 0.2) is 0 Å². The Morgan fingerprint density at radius 3 is 1.76 bits per heavy atom. The Labute approximate surface area is 195 Å². The van der Waals surface area contributed by atoms with Crippen LogP contribution < -0.4 is 11.1 Å². The van der Waals surface area contributed by atoms with Crippen molar-refractivity contribution in [1.82, 2.24) is 5.32 Å². The van der Waals surface area contributed by atoms with Gasteiger partial charge in [-0.2, -0.15) is 0 Å². The summed E-state index contributed by atoms with van der Waals surface area (Å²) >= 11 is 0. The second kappa shape index (κ2) is 11.8. The van der Waals surface area contributed by atoms with Crippen LogP contribution in [0.25, 0.3) is 0 Å². The van der Waals surface area contributed by atoms with E-state index in [-0.39, 0.29) is 12.3 Å². The summed E-state index contributed by atoms with van der Waals surface area (Å²) < 4.78 is 4.87. The van der Waals surface area contributed by atoms with Crippen LogP contribution in [0, 0.1) is 0 Å². The van der Waals surface area contributed by atoms with Crippen LogP contribution in [0.4, 0.5) is 0 Å². The molecule has 0 aliphatic rings. The van der Waals surface area contributed by atoms with Crippen LogP contribution in [0.2, 0.25) is 0 Å². The molecule has 0 spiro atoms. The van der Waals surface area contributed by atoms with Crippen molar-refractivity contribution in [2.45, 2.75) is 31.3 Å². The van der Waals surface area contributed by atoms with Crippen LogP contribution in [0.1, 0.15) is 36.5 Å². The monoisotopic (exact) mass is 442 g/mol. The fourth-order valence-electron chi connectivity index (χ4n) is 3.84. The number of esters is 1. The van der Waals surface area contributed by atoms with E-state index in [1.807, 2.05) is 91.0 Å². The van der Waals surface area contributed by atoms with Crippen molar-refractivity contribution >= 4 is 11.9 Å². The van der Waals surface area contributed by atoms with Crippen molar-refractivity contribution in [3.8, 4) is 0 Å². The van der Waals surface area contributed by atoms with Crippen molar-refractivity contribution in [1.29, 1.82) is 0 Å². The van der Waals surface area contributed by atoms with Gasteiger partial charge >= 0.3 is 5.97 Å². The predicted octanol–water partition coefficient (Wildman–Crippen LogP) is 4.32. The smallest absolute Gasteiger partial charge is 0.330 e. The molecule has 0 radical (unpaired) electrons. The number of hydrogen-bond donors (Lipinski definition) is 2. The summed E-state index contributed by atoms with van der Waals surface area (Å²) in [5.41, 5.74) is 8.11. The molecule has 3 rings (SSSR count). The molecule has 170 valence electrons. The van der Waals surface area contributed by atoms with Gasteiger partial charge in [-0.15, -0.1) is 0 Å². The van der Waals surface area contributed by atoms with Crippen molar-refractivity contribution < 1.29 is 14.3 Å². The van der Waals surface area contributed by atoms with Gasteiger partial charge in [-0.05, 0) is 30.0 Å². The molecule has 5 heteroatoms. The molecule has 1 amide bonds. The van der Waals surface area contributed by atoms with Gasteiger partial charge in [0, 0.05) is 18.5 Å². The molecular formula is C28H30N2O3. The van der Waals surface area contributed by atoms with E-state index in [1.54, 1.807) is 13.0 Å². The number of carbonyl (C=O) groups is 2. The summed E-state index contributed by atoms with van der Waals surface area (Å²) in [7, 11) is 0. The number of amides is 1. The first-order chi connectivity index (χ1) is 16.1. The Kier molecular flexibility index (Phi) is 8.56. The number of carbonyl (C=O) groups excluding carboxylic acids is 2. The summed E-state index contributed by atoms with van der Waals surface area (Å²) in [4.78, 5) is 24.7. The number of hydrogen-bond acceptors (Lipinski definition) is 4. The van der Waals surface area contributed by atoms with E-state index < -0.39 is 17.6 Å². The zero-order valence-electron chi connectivity index (χ0n) is 18.8. The van der Waals surface area contributed by atoms with Crippen LogP contribution in [0.15, 0.2) is 103 Å². The molecule has 3 aromatic carbocycles. The molecule has 33 heavy (non-hydrogen) atoms. The van der Waals surface area contributed by atoms with E-state index in [1.165, 1.54) is 6.08 Å². The maximum absolute atomic E-state index is 13.2. The Balaban J connectivity index is 1.89. The van der Waals surface area contributed by atoms with Gasteiger partial charge in [0.25, 0.3) is 0 Å². The minimum absolute atomic E-state index is 0.133. The fourth-order valence-corrected chi connectivity index (χ4v) is 3.84. The lowest BCUT2D eigenvalue weighted by molar-refractivity contribution is -0.137. The molecule has 0 saturated heterocycles. The third-order valence-electron chi connectivity index (χ3n) is 5.42. The Morgan fingerprint density at radius 2 is 1.33 bits per heavy atom. The molecule has 5 nitrogen and oxygen atoms in total. The molecule has 0 bridgehead atoms. The lowest BCUT2D eigenvalue weighted by atomic mass is 9.77. The van der Waals surface area contributed by atoms with Crippen molar-refractivity contribution in [2.24, 2.45) is 5.73 Å². The number of nitrogens with one attached hydrogen (secondary N) is 1. The fraction of sp³-hybridized carbons (Fsp3) is 0.214. The lowest BCUT2D eigenvalue weighted by Crippen LogP contribution is -2.48. The van der Waals surface area contributed by atoms with Gasteiger partial charge in [-0.25, -0.2) is 4.79 Å². The van der Waals surface area contributed by atoms with Crippen molar-refractivity contribution in [2.75, 3.05) is 6.61 Å². The summed E-state index contributed by atoms with van der Waals surface area (Å²) in [5.74, 6) is -0.569. The summed E-state index contributed by atoms with van der Waals surface area (Å²) in [6.45, 7) is 2.05. The Bertz CT molecular complexity index is 954. The van der Waals surface area contributed by atoms with E-state index >= 15 is 0 Å². The zero-order valence-corrected chi connectivity index (χ0v) is 18.8. The highest BCUT2D eigenvalue weighted by molar-refractivity contribution is 5.82. The average molecular weight is 443 g/mol. The van der Waals surface area contributed by atoms with Gasteiger partial charge in [-0.1, -0.05) is 97.1 Å². The second-order valence-electron chi connectivity index (χ2n) is 7.71. The van der Waals surface area contributed by atoms with E-state index in [9.17, 15) is 9.59 Å². The van der Waals surface area contributed by atoms with Gasteiger partial charge in [0.1, 0.15) is 5.54 Å². The SMILES string of the molecule is CCOC(=O)C=C[C@@H](N)CCC(=O)NC(c1ccccc1)(c1ccccc1)c1ccccc1. The molecule has 0 unspecified atom stereocenters. The third-order valence-corrected chi connectivity index (χ3v) is 5.42. The summed E-state index contributed by atoms with van der Waals surface area (Å²) in [6, 6.07) is 29.4. The first-order valence-electron chi connectivity index (χ1n) is 11.1. The topological polar surface area (TPSA) is 81.4 Å². The molecule has 0 saturated carbocycles. The lowest BCUT2D eigenvalue weighted by Gasteiger charge is -2.37. The van der Waals surface area contributed by atoms with Crippen LogP contribution >= 0.6 is 0 Å². The molecule has 0 fully saturated rings. The molecule has 0 aliphatic carbocycles. The largest absolute Gasteiger partial charge is 0.463 e. The molecule has 3 aromatic rings. The summed E-state index contributed by atoms with van der Waals surface area (Å²) in [6.07, 6.45) is 3.50. The minimum atomic E-state index is -0.855. The van der Waals surface area contributed by atoms with E-state index in [0.717, 1.165) is 16.7 Å². The molecule has 3 N–H and O–H groups in total. The maximum atomic E-state index is 13.2. The van der Waals surface area contributed by atoms with Gasteiger partial charge < -0.3 is 15.8 Å². The molecular weight excluding hydrogens is 412 g/mol. The van der Waals surface area contributed by atoms with E-state index in [4.69, 9.17) is 10.5 Å². The predicted molar refractivity (Wildman–Crippen MR) is 130 cm³/mol. The highest BCUT2D eigenvalue weighted by Crippen LogP contribution is 2.36. The molecule has 1 atom stereocenters. The van der Waals surface area contributed by atoms with Crippen LogP contribution in [-0.4, -0.2) is 24.5 Å². The number of rotatable bonds is 10. The zero-order chi connectivity index (χ0) is 23.5. The number of nitrogens with two attached hydrogens (primary N) is 1. The standard InChI is InChI=1S/C28H30N2O3/c1-2-33-27(32)21-19-25(29)18-20-26(31)30-28(22-12-6-3-7-13-22,23-14-8-4-9-15-23)24-16-10-5-11-17-24/h3-17,19,21,25H,2,18,20,29H2,1H3,(H,30,31)/t25-/m0/s1. The highest BCUT2D eigenvalue weighted by atomic mass is 16.5. The molecule has 0 aromatic heterocycles. The Morgan fingerprint density at radius 1 is 0.879 bits per heavy atom. The van der Waals surface area contributed by atoms with Gasteiger partial charge in [-0.3, -0.25) is 4.79 Å². The first kappa shape index (κ1) is 24.0. The van der Waals surface area contributed by atoms with Crippen LogP contribution in [-0.2, 0) is 19.9 Å². The van der Waals surface area contributed by atoms with Gasteiger partial charge in [0.05, 0.1) is 6.61 Å². The molecule has 0 aliphatic heterocycles. The highest BCUT2D eigenvalue weighted by Gasteiger charge is 2.37. The van der Waals surface area contributed by atoms with E-state index in [0.29, 0.717) is 13.0 Å². The second-order valence-corrected chi connectivity index (χ2v) is 7.71. The minimum Gasteiger partial charge on any atom is -0.463 e. The van der Waals surface area contributed by atoms with Gasteiger partial charge in [0.2, 0.25) is 5.91 Å².